The first kappa shape index (κ1) is 27.8. The Hall–Kier alpha value is -1.47. The minimum atomic E-state index is -0.522. The highest BCUT2D eigenvalue weighted by atomic mass is 32.2. The third-order valence-electron chi connectivity index (χ3n) is 6.31. The molecule has 2 aliphatic rings. The highest BCUT2D eigenvalue weighted by Crippen LogP contribution is 2.36. The smallest absolute Gasteiger partial charge is 0.140 e. The molecule has 0 spiro atoms. The van der Waals surface area contributed by atoms with E-state index in [9.17, 15) is 9.90 Å². The molecule has 4 unspecified atom stereocenters. The Morgan fingerprint density at radius 1 is 1.33 bits per heavy atom. The first-order chi connectivity index (χ1) is 15.5. The highest BCUT2D eigenvalue weighted by Gasteiger charge is 2.30. The molecule has 0 bridgehead atoms. The number of aliphatic hydroxyl groups is 1. The third kappa shape index (κ3) is 9.01. The van der Waals surface area contributed by atoms with Crippen molar-refractivity contribution in [3.05, 3.63) is 35.4 Å². The van der Waals surface area contributed by atoms with E-state index in [0.29, 0.717) is 17.9 Å². The summed E-state index contributed by atoms with van der Waals surface area (Å²) in [6.07, 6.45) is 10.2. The SMILES string of the molecule is CC(C)(C=O)NSc1cccc2c1N=CCC2.CNC(C)C(C)/C=C1\CC(C)CC(C)(O)C1. The maximum absolute atomic E-state index is 10.8. The summed E-state index contributed by atoms with van der Waals surface area (Å²) in [6, 6.07) is 6.67. The Morgan fingerprint density at radius 2 is 2.06 bits per heavy atom. The van der Waals surface area contributed by atoms with Gasteiger partial charge < -0.3 is 15.2 Å². The molecule has 3 rings (SSSR count). The fourth-order valence-corrected chi connectivity index (χ4v) is 5.24. The van der Waals surface area contributed by atoms with Crippen LogP contribution in [0.25, 0.3) is 0 Å². The second-order valence-corrected chi connectivity index (χ2v) is 11.5. The number of aryl methyl sites for hydroxylation is 1. The molecule has 0 amide bonds. The van der Waals surface area contributed by atoms with Crippen LogP contribution in [-0.4, -0.2) is 41.8 Å². The Labute approximate surface area is 205 Å². The van der Waals surface area contributed by atoms with Gasteiger partial charge in [0.2, 0.25) is 0 Å². The van der Waals surface area contributed by atoms with Crippen LogP contribution in [0.4, 0.5) is 5.69 Å². The molecule has 6 heteroatoms. The lowest BCUT2D eigenvalue weighted by atomic mass is 9.76. The Morgan fingerprint density at radius 3 is 2.70 bits per heavy atom. The summed E-state index contributed by atoms with van der Waals surface area (Å²) in [4.78, 5) is 16.4. The fraction of sp³-hybridized carbons (Fsp3) is 0.630. The lowest BCUT2D eigenvalue weighted by Gasteiger charge is -2.34. The number of carbonyl (C=O) groups is 1. The molecule has 1 aromatic carbocycles. The predicted octanol–water partition coefficient (Wildman–Crippen LogP) is 5.64. The molecule has 5 nitrogen and oxygen atoms in total. The molecule has 4 atom stereocenters. The maximum Gasteiger partial charge on any atom is 0.140 e. The second kappa shape index (κ2) is 12.3. The molecule has 0 saturated heterocycles. The topological polar surface area (TPSA) is 73.7 Å². The zero-order valence-corrected chi connectivity index (χ0v) is 22.3. The van der Waals surface area contributed by atoms with Gasteiger partial charge >= 0.3 is 0 Å². The van der Waals surface area contributed by atoms with E-state index in [0.717, 1.165) is 49.0 Å². The number of hydrogen-bond acceptors (Lipinski definition) is 6. The summed E-state index contributed by atoms with van der Waals surface area (Å²) in [5.41, 5.74) is 2.73. The van der Waals surface area contributed by atoms with Gasteiger partial charge in [0, 0.05) is 17.2 Å². The van der Waals surface area contributed by atoms with Crippen LogP contribution in [-0.2, 0) is 11.2 Å². The van der Waals surface area contributed by atoms with Crippen molar-refractivity contribution in [2.45, 2.75) is 95.7 Å². The fourth-order valence-electron chi connectivity index (χ4n) is 4.39. The number of hydrogen-bond donors (Lipinski definition) is 3. The average Bonchev–Trinajstić information content (AvgIpc) is 2.76. The number of para-hydroxylation sites is 1. The predicted molar refractivity (Wildman–Crippen MR) is 141 cm³/mol. The van der Waals surface area contributed by atoms with Gasteiger partial charge in [-0.1, -0.05) is 37.6 Å². The Kier molecular flexibility index (Phi) is 10.3. The lowest BCUT2D eigenvalue weighted by Crippen LogP contribution is -2.35. The number of aldehydes is 1. The Bertz CT molecular complexity index is 848. The largest absolute Gasteiger partial charge is 0.390 e. The lowest BCUT2D eigenvalue weighted by molar-refractivity contribution is -0.111. The van der Waals surface area contributed by atoms with E-state index in [2.05, 4.69) is 47.9 Å². The number of fused-ring (bicyclic) bond motifs is 1. The van der Waals surface area contributed by atoms with E-state index in [-0.39, 0.29) is 0 Å². The van der Waals surface area contributed by atoms with Crippen LogP contribution in [0.15, 0.2) is 39.7 Å². The molecule has 1 heterocycles. The van der Waals surface area contributed by atoms with Crippen LogP contribution in [0.5, 0.6) is 0 Å². The van der Waals surface area contributed by atoms with Crippen LogP contribution in [0.2, 0.25) is 0 Å². The third-order valence-corrected chi connectivity index (χ3v) is 7.49. The summed E-state index contributed by atoms with van der Waals surface area (Å²) in [5.74, 6) is 1.13. The Balaban J connectivity index is 0.000000234. The number of benzene rings is 1. The molecule has 3 N–H and O–H groups in total. The first-order valence-electron chi connectivity index (χ1n) is 12.1. The van der Waals surface area contributed by atoms with Gasteiger partial charge in [-0.3, -0.25) is 4.99 Å². The van der Waals surface area contributed by atoms with Crippen LogP contribution >= 0.6 is 11.9 Å². The molecule has 33 heavy (non-hydrogen) atoms. The average molecular weight is 474 g/mol. The van der Waals surface area contributed by atoms with Crippen LogP contribution in [0.1, 0.15) is 72.8 Å². The summed E-state index contributed by atoms with van der Waals surface area (Å²) in [6.45, 7) is 12.3. The summed E-state index contributed by atoms with van der Waals surface area (Å²) < 4.78 is 3.15. The van der Waals surface area contributed by atoms with Gasteiger partial charge in [-0.15, -0.1) is 0 Å². The zero-order chi connectivity index (χ0) is 24.6. The van der Waals surface area contributed by atoms with Crippen LogP contribution in [0.3, 0.4) is 0 Å². The summed E-state index contributed by atoms with van der Waals surface area (Å²) >= 11 is 1.47. The first-order valence-corrected chi connectivity index (χ1v) is 12.9. The standard InChI is InChI=1S/C14H27NO.C13H16N2OS/c1-10-6-13(9-14(4,16)8-10)7-11(2)12(3)15-5;1-13(2,9-16)15-17-11-7-3-5-10-6-4-8-14-12(10)11/h7,10-12,15-16H,6,8-9H2,1-5H3;3,5,7-9,15H,4,6H2,1-2H3/b13-7+;. The number of aliphatic imine (C=N–C) groups is 1. The number of rotatable bonds is 7. The van der Waals surface area contributed by atoms with Gasteiger partial charge in [0.05, 0.1) is 16.8 Å². The zero-order valence-electron chi connectivity index (χ0n) is 21.4. The molecule has 0 radical (unpaired) electrons. The molecule has 1 aliphatic heterocycles. The van der Waals surface area contributed by atoms with Crippen molar-refractivity contribution in [1.29, 1.82) is 0 Å². The second-order valence-electron chi connectivity index (χ2n) is 10.6. The highest BCUT2D eigenvalue weighted by molar-refractivity contribution is 7.97. The van der Waals surface area contributed by atoms with Crippen molar-refractivity contribution in [3.8, 4) is 0 Å². The number of nitrogens with one attached hydrogen (secondary N) is 2. The minimum Gasteiger partial charge on any atom is -0.390 e. The number of nitrogens with zero attached hydrogens (tertiary/aromatic N) is 1. The van der Waals surface area contributed by atoms with Crippen LogP contribution in [0, 0.1) is 11.8 Å². The van der Waals surface area contributed by atoms with E-state index in [4.69, 9.17) is 0 Å². The van der Waals surface area contributed by atoms with Gasteiger partial charge in [-0.2, -0.15) is 0 Å². The summed E-state index contributed by atoms with van der Waals surface area (Å²) in [7, 11) is 2.00. The monoisotopic (exact) mass is 473 g/mol. The van der Waals surface area contributed by atoms with Gasteiger partial charge in [0.15, 0.2) is 0 Å². The van der Waals surface area contributed by atoms with E-state index in [1.165, 1.54) is 23.1 Å². The summed E-state index contributed by atoms with van der Waals surface area (Å²) in [5, 5.41) is 13.4. The van der Waals surface area contributed by atoms with Gasteiger partial charge in [0.1, 0.15) is 6.29 Å². The number of carbonyl (C=O) groups excluding carboxylic acids is 1. The molecule has 1 saturated carbocycles. The molecule has 1 aliphatic carbocycles. The molecule has 1 aromatic rings. The van der Waals surface area contributed by atoms with Crippen LogP contribution < -0.4 is 10.0 Å². The van der Waals surface area contributed by atoms with Crippen molar-refractivity contribution in [2.24, 2.45) is 16.8 Å². The van der Waals surface area contributed by atoms with E-state index in [1.54, 1.807) is 0 Å². The quantitative estimate of drug-likeness (QED) is 0.272. The van der Waals surface area contributed by atoms with Gasteiger partial charge in [-0.25, -0.2) is 4.72 Å². The van der Waals surface area contributed by atoms with Crippen molar-refractivity contribution in [3.63, 3.8) is 0 Å². The maximum atomic E-state index is 10.8. The molecular formula is C27H43N3O2S. The van der Waals surface area contributed by atoms with Crippen molar-refractivity contribution < 1.29 is 9.90 Å². The van der Waals surface area contributed by atoms with E-state index >= 15 is 0 Å². The van der Waals surface area contributed by atoms with Gasteiger partial charge in [-0.05, 0) is 102 Å². The van der Waals surface area contributed by atoms with Crippen molar-refractivity contribution >= 4 is 30.1 Å². The molecule has 0 aromatic heterocycles. The van der Waals surface area contributed by atoms with Crippen molar-refractivity contribution in [1.82, 2.24) is 10.0 Å². The molecule has 1 fully saturated rings. The van der Waals surface area contributed by atoms with E-state index in [1.807, 2.05) is 46.2 Å². The van der Waals surface area contributed by atoms with Crippen molar-refractivity contribution in [2.75, 3.05) is 7.05 Å². The van der Waals surface area contributed by atoms with E-state index < -0.39 is 11.1 Å². The normalized spacial score (nSPS) is 25.6. The minimum absolute atomic E-state index is 0.494. The molecule has 184 valence electrons. The molecular weight excluding hydrogens is 430 g/mol. The van der Waals surface area contributed by atoms with Gasteiger partial charge in [0.25, 0.3) is 0 Å².